The van der Waals surface area contributed by atoms with Gasteiger partial charge in [-0.3, -0.25) is 4.98 Å². The molecule has 2 aromatic rings. The Kier molecular flexibility index (Phi) is 4.96. The van der Waals surface area contributed by atoms with E-state index in [4.69, 9.17) is 9.47 Å². The molecule has 0 amide bonds. The number of methoxy groups -OCH3 is 1. The van der Waals surface area contributed by atoms with Gasteiger partial charge < -0.3 is 14.6 Å². The predicted molar refractivity (Wildman–Crippen MR) is 77.1 cm³/mol. The summed E-state index contributed by atoms with van der Waals surface area (Å²) < 4.78 is 11.0. The van der Waals surface area contributed by atoms with Crippen LogP contribution in [0.2, 0.25) is 0 Å². The van der Waals surface area contributed by atoms with E-state index in [1.807, 2.05) is 30.5 Å². The molecular formula is C16H19NO3. The first-order valence-electron chi connectivity index (χ1n) is 6.58. The summed E-state index contributed by atoms with van der Waals surface area (Å²) in [5.74, 6) is 1.37. The third-order valence-electron chi connectivity index (χ3n) is 3.04. The first kappa shape index (κ1) is 14.3. The highest BCUT2D eigenvalue weighted by Gasteiger charge is 2.10. The van der Waals surface area contributed by atoms with E-state index in [2.05, 4.69) is 4.98 Å². The quantitative estimate of drug-likeness (QED) is 0.879. The summed E-state index contributed by atoms with van der Waals surface area (Å²) in [6.45, 7) is 2.24. The van der Waals surface area contributed by atoms with Crippen LogP contribution >= 0.6 is 0 Å². The van der Waals surface area contributed by atoms with Crippen LogP contribution in [-0.2, 0) is 6.42 Å². The van der Waals surface area contributed by atoms with Crippen LogP contribution in [-0.4, -0.2) is 23.8 Å². The summed E-state index contributed by atoms with van der Waals surface area (Å²) in [4.78, 5) is 4.07. The molecule has 1 N–H and O–H groups in total. The van der Waals surface area contributed by atoms with E-state index in [0.29, 0.717) is 18.1 Å². The van der Waals surface area contributed by atoms with Gasteiger partial charge in [0.25, 0.3) is 0 Å². The molecule has 0 spiro atoms. The fourth-order valence-electron chi connectivity index (χ4n) is 1.94. The Morgan fingerprint density at radius 3 is 2.80 bits per heavy atom. The Morgan fingerprint density at radius 2 is 2.15 bits per heavy atom. The van der Waals surface area contributed by atoms with Crippen LogP contribution in [0.5, 0.6) is 11.5 Å². The van der Waals surface area contributed by atoms with Crippen LogP contribution in [0.3, 0.4) is 0 Å². The monoisotopic (exact) mass is 273 g/mol. The Labute approximate surface area is 119 Å². The van der Waals surface area contributed by atoms with E-state index in [1.54, 1.807) is 26.3 Å². The zero-order valence-corrected chi connectivity index (χ0v) is 11.7. The Hall–Kier alpha value is -2.07. The van der Waals surface area contributed by atoms with Crippen LogP contribution in [0.15, 0.2) is 42.7 Å². The first-order valence-corrected chi connectivity index (χ1v) is 6.58. The van der Waals surface area contributed by atoms with Crippen molar-refractivity contribution < 1.29 is 14.6 Å². The normalized spacial score (nSPS) is 11.9. The van der Waals surface area contributed by atoms with Gasteiger partial charge in [-0.1, -0.05) is 6.07 Å². The molecule has 1 heterocycles. The van der Waals surface area contributed by atoms with Gasteiger partial charge in [-0.2, -0.15) is 0 Å². The molecule has 20 heavy (non-hydrogen) atoms. The molecule has 106 valence electrons. The number of hydrogen-bond donors (Lipinski definition) is 1. The number of aromatic nitrogens is 1. The van der Waals surface area contributed by atoms with Gasteiger partial charge in [-0.25, -0.2) is 0 Å². The molecular weight excluding hydrogens is 254 g/mol. The van der Waals surface area contributed by atoms with Crippen LogP contribution < -0.4 is 9.47 Å². The van der Waals surface area contributed by atoms with Crippen molar-refractivity contribution in [3.63, 3.8) is 0 Å². The lowest BCUT2D eigenvalue weighted by Crippen LogP contribution is -2.05. The lowest BCUT2D eigenvalue weighted by Gasteiger charge is -2.14. The topological polar surface area (TPSA) is 51.6 Å². The van der Waals surface area contributed by atoms with E-state index < -0.39 is 6.10 Å². The molecule has 0 aliphatic carbocycles. The third kappa shape index (κ3) is 3.71. The predicted octanol–water partition coefficient (Wildman–Crippen LogP) is 2.77. The number of rotatable bonds is 6. The average molecular weight is 273 g/mol. The second kappa shape index (κ2) is 6.91. The second-order valence-corrected chi connectivity index (χ2v) is 4.54. The van der Waals surface area contributed by atoms with E-state index in [1.165, 1.54) is 0 Å². The molecule has 1 atom stereocenters. The van der Waals surface area contributed by atoms with Crippen molar-refractivity contribution in [2.75, 3.05) is 13.7 Å². The Bertz CT molecular complexity index is 541. The minimum absolute atomic E-state index is 0.526. The molecule has 1 aromatic heterocycles. The number of hydrogen-bond acceptors (Lipinski definition) is 4. The fraction of sp³-hybridized carbons (Fsp3) is 0.312. The van der Waals surface area contributed by atoms with Crippen LogP contribution in [0, 0.1) is 0 Å². The standard InChI is InChI=1S/C16H19NO3/c1-12(18)15-6-5-14(19-2)10-16(15)20-9-7-13-4-3-8-17-11-13/h3-6,8,10-12,18H,7,9H2,1-2H3. The van der Waals surface area contributed by atoms with Gasteiger partial charge in [-0.15, -0.1) is 0 Å². The highest BCUT2D eigenvalue weighted by molar-refractivity contribution is 5.41. The summed E-state index contributed by atoms with van der Waals surface area (Å²) in [5, 5.41) is 9.75. The average Bonchev–Trinajstić information content (AvgIpc) is 2.48. The molecule has 4 heteroatoms. The minimum Gasteiger partial charge on any atom is -0.497 e. The number of benzene rings is 1. The van der Waals surface area contributed by atoms with Crippen molar-refractivity contribution in [3.8, 4) is 11.5 Å². The number of nitrogens with zero attached hydrogens (tertiary/aromatic N) is 1. The van der Waals surface area contributed by atoms with Gasteiger partial charge in [0, 0.05) is 30.4 Å². The number of pyridine rings is 1. The smallest absolute Gasteiger partial charge is 0.128 e. The molecule has 1 unspecified atom stereocenters. The molecule has 0 aliphatic rings. The summed E-state index contributed by atoms with van der Waals surface area (Å²) >= 11 is 0. The molecule has 0 fully saturated rings. The SMILES string of the molecule is COc1ccc(C(C)O)c(OCCc2cccnc2)c1. The van der Waals surface area contributed by atoms with Crippen molar-refractivity contribution in [1.29, 1.82) is 0 Å². The summed E-state index contributed by atoms with van der Waals surface area (Å²) in [7, 11) is 1.61. The lowest BCUT2D eigenvalue weighted by atomic mass is 10.1. The van der Waals surface area contributed by atoms with Crippen molar-refractivity contribution in [2.24, 2.45) is 0 Å². The van der Waals surface area contributed by atoms with Crippen molar-refractivity contribution >= 4 is 0 Å². The van der Waals surface area contributed by atoms with E-state index in [9.17, 15) is 5.11 Å². The molecule has 0 bridgehead atoms. The minimum atomic E-state index is -0.575. The maximum absolute atomic E-state index is 9.75. The summed E-state index contributed by atoms with van der Waals surface area (Å²) in [5.41, 5.74) is 1.88. The summed E-state index contributed by atoms with van der Waals surface area (Å²) in [6, 6.07) is 9.35. The number of aliphatic hydroxyl groups is 1. The van der Waals surface area contributed by atoms with E-state index in [-0.39, 0.29) is 0 Å². The van der Waals surface area contributed by atoms with Crippen LogP contribution in [0.1, 0.15) is 24.2 Å². The van der Waals surface area contributed by atoms with Crippen molar-refractivity contribution in [1.82, 2.24) is 4.98 Å². The molecule has 0 aliphatic heterocycles. The molecule has 1 aromatic carbocycles. The summed E-state index contributed by atoms with van der Waals surface area (Å²) in [6.07, 6.45) is 3.77. The van der Waals surface area contributed by atoms with Gasteiger partial charge in [-0.05, 0) is 30.7 Å². The Balaban J connectivity index is 2.04. The van der Waals surface area contributed by atoms with Gasteiger partial charge in [0.1, 0.15) is 11.5 Å². The van der Waals surface area contributed by atoms with Gasteiger partial charge in [0.2, 0.25) is 0 Å². The highest BCUT2D eigenvalue weighted by Crippen LogP contribution is 2.29. The number of aliphatic hydroxyl groups excluding tert-OH is 1. The zero-order valence-electron chi connectivity index (χ0n) is 11.7. The molecule has 0 saturated carbocycles. The van der Waals surface area contributed by atoms with Crippen molar-refractivity contribution in [3.05, 3.63) is 53.9 Å². The van der Waals surface area contributed by atoms with E-state index >= 15 is 0 Å². The van der Waals surface area contributed by atoms with Gasteiger partial charge in [0.05, 0.1) is 19.8 Å². The van der Waals surface area contributed by atoms with E-state index in [0.717, 1.165) is 17.5 Å². The molecule has 0 saturated heterocycles. The largest absolute Gasteiger partial charge is 0.497 e. The molecule has 2 rings (SSSR count). The molecule has 0 radical (unpaired) electrons. The lowest BCUT2D eigenvalue weighted by molar-refractivity contribution is 0.191. The van der Waals surface area contributed by atoms with Crippen LogP contribution in [0.4, 0.5) is 0 Å². The van der Waals surface area contributed by atoms with Crippen LogP contribution in [0.25, 0.3) is 0 Å². The second-order valence-electron chi connectivity index (χ2n) is 4.54. The Morgan fingerprint density at radius 1 is 1.30 bits per heavy atom. The van der Waals surface area contributed by atoms with Gasteiger partial charge in [0.15, 0.2) is 0 Å². The zero-order chi connectivity index (χ0) is 14.4. The first-order chi connectivity index (χ1) is 9.70. The van der Waals surface area contributed by atoms with Gasteiger partial charge >= 0.3 is 0 Å². The maximum atomic E-state index is 9.75. The molecule has 4 nitrogen and oxygen atoms in total. The fourth-order valence-corrected chi connectivity index (χ4v) is 1.94. The third-order valence-corrected chi connectivity index (χ3v) is 3.04. The number of ether oxygens (including phenoxy) is 2. The maximum Gasteiger partial charge on any atom is 0.128 e. The van der Waals surface area contributed by atoms with Crippen molar-refractivity contribution in [2.45, 2.75) is 19.4 Å². The highest BCUT2D eigenvalue weighted by atomic mass is 16.5.